The average Bonchev–Trinajstić information content (AvgIpc) is 3.10. The van der Waals surface area contributed by atoms with Crippen LogP contribution in [-0.2, 0) is 9.53 Å². The molecular formula is C18H21N3O3. The van der Waals surface area contributed by atoms with Crippen molar-refractivity contribution in [2.45, 2.75) is 39.7 Å². The minimum Gasteiger partial charge on any atom is -0.459 e. The molecule has 2 aromatic rings. The Morgan fingerprint density at radius 1 is 1.25 bits per heavy atom. The monoisotopic (exact) mass is 327 g/mol. The molecule has 0 spiro atoms. The number of benzene rings is 1. The third-order valence-corrected chi connectivity index (χ3v) is 4.05. The van der Waals surface area contributed by atoms with E-state index < -0.39 is 5.97 Å². The molecule has 0 bridgehead atoms. The van der Waals surface area contributed by atoms with Gasteiger partial charge < -0.3 is 10.1 Å². The molecule has 1 aromatic carbocycles. The van der Waals surface area contributed by atoms with Crippen molar-refractivity contribution in [3.8, 4) is 5.69 Å². The van der Waals surface area contributed by atoms with E-state index in [-0.39, 0.29) is 24.2 Å². The Morgan fingerprint density at radius 2 is 1.96 bits per heavy atom. The Balaban J connectivity index is 1.73. The highest BCUT2D eigenvalue weighted by Gasteiger charge is 2.23. The number of ether oxygens (including phenoxy) is 1. The Labute approximate surface area is 140 Å². The van der Waals surface area contributed by atoms with Gasteiger partial charge in [-0.05, 0) is 56.5 Å². The van der Waals surface area contributed by atoms with Crippen molar-refractivity contribution < 1.29 is 14.3 Å². The van der Waals surface area contributed by atoms with Crippen LogP contribution in [0.1, 0.15) is 40.2 Å². The van der Waals surface area contributed by atoms with Crippen LogP contribution in [0.4, 0.5) is 0 Å². The van der Waals surface area contributed by atoms with E-state index in [9.17, 15) is 9.59 Å². The van der Waals surface area contributed by atoms with Gasteiger partial charge in [-0.25, -0.2) is 9.48 Å². The second kappa shape index (κ2) is 6.47. The largest absolute Gasteiger partial charge is 0.459 e. The number of carbonyl (C=O) groups is 2. The molecule has 1 aromatic heterocycles. The summed E-state index contributed by atoms with van der Waals surface area (Å²) in [5, 5.41) is 7.15. The van der Waals surface area contributed by atoms with Crippen LogP contribution in [0, 0.1) is 20.8 Å². The number of carbonyl (C=O) groups excluding carboxylic acids is 2. The SMILES string of the molecule is Cc1cc(C)cc(-n2nc(C(=O)OC[C@@H]3CCC(=O)N3)cc2C)c1. The molecule has 1 fully saturated rings. The number of amides is 1. The first-order valence-corrected chi connectivity index (χ1v) is 8.04. The van der Waals surface area contributed by atoms with E-state index in [0.717, 1.165) is 22.5 Å². The van der Waals surface area contributed by atoms with Gasteiger partial charge in [0.2, 0.25) is 5.91 Å². The molecule has 1 aliphatic rings. The smallest absolute Gasteiger partial charge is 0.358 e. The van der Waals surface area contributed by atoms with Crippen molar-refractivity contribution >= 4 is 11.9 Å². The van der Waals surface area contributed by atoms with Gasteiger partial charge in [0, 0.05) is 12.1 Å². The second-order valence-electron chi connectivity index (χ2n) is 6.33. The molecular weight excluding hydrogens is 306 g/mol. The summed E-state index contributed by atoms with van der Waals surface area (Å²) in [4.78, 5) is 23.4. The van der Waals surface area contributed by atoms with E-state index in [1.54, 1.807) is 10.7 Å². The lowest BCUT2D eigenvalue weighted by molar-refractivity contribution is -0.119. The minimum atomic E-state index is -0.470. The van der Waals surface area contributed by atoms with Gasteiger partial charge in [-0.15, -0.1) is 0 Å². The maximum Gasteiger partial charge on any atom is 0.358 e. The second-order valence-corrected chi connectivity index (χ2v) is 6.33. The van der Waals surface area contributed by atoms with E-state index in [1.807, 2.05) is 32.9 Å². The van der Waals surface area contributed by atoms with E-state index in [2.05, 4.69) is 16.5 Å². The fourth-order valence-electron chi connectivity index (χ4n) is 2.96. The molecule has 0 aliphatic carbocycles. The number of aromatic nitrogens is 2. The summed E-state index contributed by atoms with van der Waals surface area (Å²) >= 11 is 0. The van der Waals surface area contributed by atoms with Crippen LogP contribution in [0.15, 0.2) is 24.3 Å². The number of hydrogen-bond donors (Lipinski definition) is 1. The van der Waals surface area contributed by atoms with E-state index in [4.69, 9.17) is 4.74 Å². The molecule has 1 amide bonds. The molecule has 3 rings (SSSR count). The first kappa shape index (κ1) is 16.2. The lowest BCUT2D eigenvalue weighted by Crippen LogP contribution is -2.30. The number of aryl methyl sites for hydroxylation is 3. The summed E-state index contributed by atoms with van der Waals surface area (Å²) in [5.41, 5.74) is 4.34. The normalized spacial score (nSPS) is 17.0. The predicted octanol–water partition coefficient (Wildman–Crippen LogP) is 2.23. The molecule has 126 valence electrons. The van der Waals surface area contributed by atoms with Crippen LogP contribution in [0.2, 0.25) is 0 Å². The number of nitrogens with zero attached hydrogens (tertiary/aromatic N) is 2. The fraction of sp³-hybridized carbons (Fsp3) is 0.389. The van der Waals surface area contributed by atoms with Gasteiger partial charge in [0.05, 0.1) is 11.7 Å². The summed E-state index contributed by atoms with van der Waals surface area (Å²) < 4.78 is 7.03. The summed E-state index contributed by atoms with van der Waals surface area (Å²) in [6, 6.07) is 7.76. The maximum absolute atomic E-state index is 12.2. The fourth-order valence-corrected chi connectivity index (χ4v) is 2.96. The molecule has 1 N–H and O–H groups in total. The van der Waals surface area contributed by atoms with Gasteiger partial charge in [0.15, 0.2) is 5.69 Å². The number of nitrogens with one attached hydrogen (secondary N) is 1. The minimum absolute atomic E-state index is 0.00554. The van der Waals surface area contributed by atoms with Crippen molar-refractivity contribution in [2.24, 2.45) is 0 Å². The standard InChI is InChI=1S/C18H21N3O3/c1-11-6-12(2)8-15(7-11)21-13(3)9-16(20-21)18(23)24-10-14-4-5-17(22)19-14/h6-9,14H,4-5,10H2,1-3H3,(H,19,22)/t14-/m0/s1. The van der Waals surface area contributed by atoms with Crippen LogP contribution in [0.25, 0.3) is 5.69 Å². The van der Waals surface area contributed by atoms with E-state index >= 15 is 0 Å². The topological polar surface area (TPSA) is 73.2 Å². The molecule has 6 nitrogen and oxygen atoms in total. The third kappa shape index (κ3) is 3.48. The molecule has 1 saturated heterocycles. The van der Waals surface area contributed by atoms with Gasteiger partial charge in [0.25, 0.3) is 0 Å². The van der Waals surface area contributed by atoms with Gasteiger partial charge in [-0.2, -0.15) is 5.10 Å². The highest BCUT2D eigenvalue weighted by atomic mass is 16.5. The van der Waals surface area contributed by atoms with Gasteiger partial charge >= 0.3 is 5.97 Å². The van der Waals surface area contributed by atoms with Crippen molar-refractivity contribution in [2.75, 3.05) is 6.61 Å². The van der Waals surface area contributed by atoms with Crippen LogP contribution in [-0.4, -0.2) is 34.3 Å². The lowest BCUT2D eigenvalue weighted by atomic mass is 10.1. The van der Waals surface area contributed by atoms with Crippen LogP contribution < -0.4 is 5.32 Å². The van der Waals surface area contributed by atoms with Gasteiger partial charge in [0.1, 0.15) is 6.61 Å². The van der Waals surface area contributed by atoms with Crippen molar-refractivity contribution in [1.29, 1.82) is 0 Å². The highest BCUT2D eigenvalue weighted by Crippen LogP contribution is 2.17. The molecule has 0 unspecified atom stereocenters. The van der Waals surface area contributed by atoms with Gasteiger partial charge in [-0.1, -0.05) is 6.07 Å². The first-order valence-electron chi connectivity index (χ1n) is 8.04. The molecule has 2 heterocycles. The number of hydrogen-bond acceptors (Lipinski definition) is 4. The Morgan fingerprint density at radius 3 is 2.58 bits per heavy atom. The third-order valence-electron chi connectivity index (χ3n) is 4.05. The summed E-state index contributed by atoms with van der Waals surface area (Å²) in [6.45, 7) is 6.14. The van der Waals surface area contributed by atoms with Crippen molar-refractivity contribution in [3.05, 3.63) is 46.8 Å². The maximum atomic E-state index is 12.2. The Kier molecular flexibility index (Phi) is 4.38. The number of rotatable bonds is 4. The van der Waals surface area contributed by atoms with E-state index in [1.165, 1.54) is 0 Å². The van der Waals surface area contributed by atoms with Crippen LogP contribution in [0.3, 0.4) is 0 Å². The molecule has 24 heavy (non-hydrogen) atoms. The Hall–Kier alpha value is -2.63. The Bertz CT molecular complexity index is 775. The van der Waals surface area contributed by atoms with Crippen LogP contribution in [0.5, 0.6) is 0 Å². The quantitative estimate of drug-likeness (QED) is 0.874. The number of esters is 1. The zero-order chi connectivity index (χ0) is 17.3. The molecule has 0 saturated carbocycles. The first-order chi connectivity index (χ1) is 11.4. The zero-order valence-corrected chi connectivity index (χ0v) is 14.1. The molecule has 0 radical (unpaired) electrons. The zero-order valence-electron chi connectivity index (χ0n) is 14.1. The van der Waals surface area contributed by atoms with Crippen LogP contribution >= 0.6 is 0 Å². The summed E-state index contributed by atoms with van der Waals surface area (Å²) in [5.74, 6) is -0.464. The highest BCUT2D eigenvalue weighted by molar-refractivity contribution is 5.87. The average molecular weight is 327 g/mol. The lowest BCUT2D eigenvalue weighted by Gasteiger charge is -2.09. The van der Waals surface area contributed by atoms with Crippen molar-refractivity contribution in [3.63, 3.8) is 0 Å². The molecule has 1 atom stereocenters. The van der Waals surface area contributed by atoms with Gasteiger partial charge in [-0.3, -0.25) is 4.79 Å². The molecule has 1 aliphatic heterocycles. The summed E-state index contributed by atoms with van der Waals surface area (Å²) in [7, 11) is 0. The predicted molar refractivity (Wildman–Crippen MR) is 89.2 cm³/mol. The molecule has 6 heteroatoms. The van der Waals surface area contributed by atoms with E-state index in [0.29, 0.717) is 12.8 Å². The van der Waals surface area contributed by atoms with Crippen molar-refractivity contribution in [1.82, 2.24) is 15.1 Å². The summed E-state index contributed by atoms with van der Waals surface area (Å²) in [6.07, 6.45) is 1.19.